The van der Waals surface area contributed by atoms with Crippen LogP contribution >= 0.6 is 7.82 Å². The largest absolute Gasteiger partial charge is 0.472 e. The number of ether oxygens (including phenoxy) is 2. The van der Waals surface area contributed by atoms with Crippen LogP contribution in [0.3, 0.4) is 0 Å². The Morgan fingerprint density at radius 3 is 2.23 bits per heavy atom. The van der Waals surface area contributed by atoms with Crippen molar-refractivity contribution >= 4 is 31.2 Å². The summed E-state index contributed by atoms with van der Waals surface area (Å²) < 4.78 is 37.2. The van der Waals surface area contributed by atoms with Gasteiger partial charge in [-0.05, 0) is 30.7 Å². The van der Waals surface area contributed by atoms with E-state index >= 15 is 0 Å². The number of nitrogen functional groups attached to an aromatic ring is 1. The molecule has 4 rings (SSSR count). The van der Waals surface area contributed by atoms with Gasteiger partial charge in [0, 0.05) is 26.1 Å². The van der Waals surface area contributed by atoms with Crippen molar-refractivity contribution in [1.82, 2.24) is 19.6 Å². The van der Waals surface area contributed by atoms with Gasteiger partial charge < -0.3 is 35.6 Å². The van der Waals surface area contributed by atoms with Crippen molar-refractivity contribution in [2.75, 3.05) is 44.5 Å². The second kappa shape index (κ2) is 24.4. The van der Waals surface area contributed by atoms with E-state index in [9.17, 15) is 19.7 Å². The molecule has 1 unspecified atom stereocenters. The Labute approximate surface area is 336 Å². The number of hydrogen-bond donors (Lipinski definition) is 5. The molecule has 0 spiro atoms. The number of nitrogens with zero attached hydrogens (tertiary/aromatic N) is 6. The normalized spacial score (nSPS) is 21.2. The summed E-state index contributed by atoms with van der Waals surface area (Å²) in [7, 11) is -3.23. The van der Waals surface area contributed by atoms with Crippen molar-refractivity contribution in [2.45, 2.75) is 140 Å². The maximum absolute atomic E-state index is 13.1. The van der Waals surface area contributed by atoms with Gasteiger partial charge in [-0.3, -0.25) is 14.0 Å². The predicted molar refractivity (Wildman–Crippen MR) is 219 cm³/mol. The third kappa shape index (κ3) is 14.4. The first kappa shape index (κ1) is 46.2. The zero-order valence-electron chi connectivity index (χ0n) is 33.6. The van der Waals surface area contributed by atoms with Crippen molar-refractivity contribution in [3.05, 3.63) is 48.0 Å². The topological polar surface area (TPSA) is 232 Å². The maximum Gasteiger partial charge on any atom is 0.472 e. The first-order valence-corrected chi connectivity index (χ1v) is 22.0. The number of rotatable bonds is 29. The van der Waals surface area contributed by atoms with Crippen LogP contribution in [-0.4, -0.2) is 98.7 Å². The fourth-order valence-corrected chi connectivity index (χ4v) is 7.84. The summed E-state index contributed by atoms with van der Waals surface area (Å²) in [4.78, 5) is 22.9. The number of nitrogens with one attached hydrogen (secondary N) is 1. The van der Waals surface area contributed by atoms with Gasteiger partial charge in [-0.25, -0.2) is 19.0 Å². The third-order valence-electron chi connectivity index (χ3n) is 10.2. The Morgan fingerprint density at radius 1 is 0.982 bits per heavy atom. The number of pyridine rings is 1. The number of nitrogens with two attached hydrogens (primary N) is 1. The van der Waals surface area contributed by atoms with Gasteiger partial charge in [-0.15, -0.1) is 0 Å². The monoisotopic (exact) mass is 814 g/mol. The minimum atomic E-state index is -4.71. The van der Waals surface area contributed by atoms with Gasteiger partial charge in [0.05, 0.1) is 37.1 Å². The lowest BCUT2D eigenvalue weighted by Crippen LogP contribution is -2.43. The number of aromatic nitrogens is 4. The van der Waals surface area contributed by atoms with E-state index in [4.69, 9.17) is 29.5 Å². The third-order valence-corrected chi connectivity index (χ3v) is 11.2. The van der Waals surface area contributed by atoms with Crippen molar-refractivity contribution in [1.29, 1.82) is 5.26 Å². The van der Waals surface area contributed by atoms with Gasteiger partial charge in [-0.2, -0.15) is 10.4 Å². The number of anilines is 2. The molecule has 3 aromatic heterocycles. The van der Waals surface area contributed by atoms with Gasteiger partial charge >= 0.3 is 7.82 Å². The van der Waals surface area contributed by atoms with E-state index in [2.05, 4.69) is 32.3 Å². The van der Waals surface area contributed by atoms with E-state index in [1.165, 1.54) is 114 Å². The lowest BCUT2D eigenvalue weighted by Gasteiger charge is -2.27. The molecule has 3 aromatic rings. The number of nitriles is 1. The number of fused-ring (bicyclic) bond motifs is 1. The highest BCUT2D eigenvalue weighted by Crippen LogP contribution is 2.46. The van der Waals surface area contributed by atoms with Crippen molar-refractivity contribution in [3.8, 4) is 6.07 Å². The van der Waals surface area contributed by atoms with Crippen LogP contribution in [0.15, 0.2) is 41.8 Å². The lowest BCUT2D eigenvalue weighted by atomic mass is 9.92. The van der Waals surface area contributed by atoms with Crippen LogP contribution in [0, 0.1) is 11.3 Å². The molecule has 0 radical (unpaired) electrons. The number of hydrogen-bond acceptors (Lipinski definition) is 14. The van der Waals surface area contributed by atoms with Crippen LogP contribution < -0.4 is 11.1 Å². The summed E-state index contributed by atoms with van der Waals surface area (Å²) in [6, 6.07) is 7.91. The lowest BCUT2D eigenvalue weighted by molar-refractivity contribution is -0.0540. The van der Waals surface area contributed by atoms with Crippen LogP contribution in [0.25, 0.3) is 5.52 Å². The molecule has 17 heteroatoms. The molecule has 0 aromatic carbocycles. The number of unbranched alkanes of at least 4 members (excludes halogenated alkanes) is 15. The summed E-state index contributed by atoms with van der Waals surface area (Å²) >= 11 is 0. The summed E-state index contributed by atoms with van der Waals surface area (Å²) in [6.07, 6.45) is 20.1. The fourth-order valence-electron chi connectivity index (χ4n) is 7.06. The zero-order chi connectivity index (χ0) is 40.9. The Balaban J connectivity index is 1.20. The smallest absolute Gasteiger partial charge is 0.387 e. The van der Waals surface area contributed by atoms with Crippen LogP contribution in [0.1, 0.15) is 121 Å². The van der Waals surface area contributed by atoms with Crippen molar-refractivity contribution in [2.24, 2.45) is 4.99 Å². The van der Waals surface area contributed by atoms with Crippen LogP contribution in [0.5, 0.6) is 0 Å². The minimum absolute atomic E-state index is 0.148. The van der Waals surface area contributed by atoms with E-state index in [-0.39, 0.29) is 19.0 Å². The second-order valence-corrected chi connectivity index (χ2v) is 16.2. The van der Waals surface area contributed by atoms with Gasteiger partial charge in [0.25, 0.3) is 0 Å². The highest BCUT2D eigenvalue weighted by Gasteiger charge is 2.56. The van der Waals surface area contributed by atoms with E-state index < -0.39 is 44.4 Å². The SMILES string of the molecule is CCCCCCCCCCCCCCCCCCOC[C@H](COP(=O)(O)OC[C@H]1O[C@@](C=NC)(c2ccc3c(N)ncnn23)[C@H](O)[C@@H]1O)Nc1ccc(C#N)cn1. The molecule has 0 aliphatic carbocycles. The highest BCUT2D eigenvalue weighted by molar-refractivity contribution is 7.47. The van der Waals surface area contributed by atoms with Gasteiger partial charge in [0.15, 0.2) is 11.4 Å². The Hall–Kier alpha value is -3.52. The molecule has 0 saturated carbocycles. The minimum Gasteiger partial charge on any atom is -0.387 e. The van der Waals surface area contributed by atoms with Crippen molar-refractivity contribution in [3.63, 3.8) is 0 Å². The molecule has 1 fully saturated rings. The maximum atomic E-state index is 13.1. The van der Waals surface area contributed by atoms with Crippen LogP contribution in [0.4, 0.5) is 11.6 Å². The van der Waals surface area contributed by atoms with E-state index in [1.54, 1.807) is 24.3 Å². The molecule has 0 amide bonds. The van der Waals surface area contributed by atoms with Crippen LogP contribution in [0.2, 0.25) is 0 Å². The molecular formula is C40H63N8O8P. The molecule has 0 bridgehead atoms. The van der Waals surface area contributed by atoms with Crippen molar-refractivity contribution < 1.29 is 38.2 Å². The summed E-state index contributed by atoms with van der Waals surface area (Å²) in [5, 5.41) is 38.7. The number of phosphoric acid groups is 1. The fraction of sp³-hybridized carbons (Fsp3) is 0.675. The van der Waals surface area contributed by atoms with E-state index in [0.29, 0.717) is 29.2 Å². The molecule has 6 N–H and O–H groups in total. The second-order valence-electron chi connectivity index (χ2n) is 14.8. The average Bonchev–Trinajstić information content (AvgIpc) is 3.75. The van der Waals surface area contributed by atoms with Crippen LogP contribution in [-0.2, 0) is 28.7 Å². The molecule has 6 atom stereocenters. The Morgan fingerprint density at radius 2 is 1.63 bits per heavy atom. The number of aliphatic hydroxyl groups is 2. The Kier molecular flexibility index (Phi) is 19.8. The first-order chi connectivity index (χ1) is 27.6. The number of aliphatic hydroxyl groups excluding tert-OH is 2. The van der Waals surface area contributed by atoms with Gasteiger partial charge in [0.2, 0.25) is 0 Å². The number of aliphatic imine (C=N–C) groups is 1. The molecule has 1 aliphatic heterocycles. The highest BCUT2D eigenvalue weighted by atomic mass is 31.2. The summed E-state index contributed by atoms with van der Waals surface area (Å²) in [5.74, 6) is 0.622. The molecule has 316 valence electrons. The van der Waals surface area contributed by atoms with E-state index in [0.717, 1.165) is 19.3 Å². The molecule has 1 aliphatic rings. The van der Waals surface area contributed by atoms with E-state index in [1.807, 2.05) is 6.07 Å². The first-order valence-electron chi connectivity index (χ1n) is 20.5. The predicted octanol–water partition coefficient (Wildman–Crippen LogP) is 6.49. The quantitative estimate of drug-likeness (QED) is 0.0287. The average molecular weight is 815 g/mol. The van der Waals surface area contributed by atoms with Gasteiger partial charge in [-0.1, -0.05) is 103 Å². The summed E-state index contributed by atoms with van der Waals surface area (Å²) in [5.41, 5.74) is 5.44. The standard InChI is InChI=1S/C40H63N8O8P/c1-3-4-5-6-7-8-9-10-11-12-13-14-15-16-17-18-23-53-26-32(47-36-22-19-31(24-41)25-44-36)27-54-57(51,52)55-28-34-37(49)38(50)40(56-34,29-43-2)35-21-20-33-39(42)45-30-46-48(33)35/h19-22,25,29-30,32,34,37-38,49-50H,3-18,23,26-28H2,1-2H3,(H,44,47)(H,51,52)(H2,42,45,46)/t32-,34-,37-,38-,40+/m1/s1. The molecule has 16 nitrogen and oxygen atoms in total. The van der Waals surface area contributed by atoms with Gasteiger partial charge in [0.1, 0.15) is 42.0 Å². The molecule has 4 heterocycles. The summed E-state index contributed by atoms with van der Waals surface area (Å²) in [6.45, 7) is 2.03. The number of phosphoric ester groups is 1. The Bertz CT molecular complexity index is 1720. The molecule has 1 saturated heterocycles. The molecule has 57 heavy (non-hydrogen) atoms. The zero-order valence-corrected chi connectivity index (χ0v) is 34.5. The molecular weight excluding hydrogens is 751 g/mol.